The highest BCUT2D eigenvalue weighted by Crippen LogP contribution is 2.15. The highest BCUT2D eigenvalue weighted by Gasteiger charge is 2.22. The molecule has 0 aliphatic carbocycles. The van der Waals surface area contributed by atoms with Crippen LogP contribution in [0.4, 0.5) is 0 Å². The van der Waals surface area contributed by atoms with E-state index in [1.54, 1.807) is 11.3 Å². The smallest absolute Gasteiger partial charge is 0.228 e. The number of rotatable bonds is 12. The second kappa shape index (κ2) is 12.9. The molecule has 3 aromatic rings. The first kappa shape index (κ1) is 24.7. The lowest BCUT2D eigenvalue weighted by Gasteiger charge is -2.30. The van der Waals surface area contributed by atoms with Gasteiger partial charge in [0.15, 0.2) is 0 Å². The van der Waals surface area contributed by atoms with Crippen LogP contribution >= 0.6 is 11.3 Å². The van der Waals surface area contributed by atoms with Gasteiger partial charge in [0, 0.05) is 37.0 Å². The molecule has 0 bridgehead atoms. The molecule has 0 N–H and O–H groups in total. The molecule has 2 amide bonds. The van der Waals surface area contributed by atoms with Crippen molar-refractivity contribution in [2.24, 2.45) is 0 Å². The molecule has 4 nitrogen and oxygen atoms in total. The minimum atomic E-state index is 0.0898. The Labute approximate surface area is 201 Å². The zero-order valence-electron chi connectivity index (χ0n) is 19.7. The van der Waals surface area contributed by atoms with Crippen LogP contribution in [-0.2, 0) is 29.0 Å². The van der Waals surface area contributed by atoms with Crippen molar-refractivity contribution in [1.82, 2.24) is 9.80 Å². The number of carbonyl (C=O) groups is 2. The van der Waals surface area contributed by atoms with E-state index in [2.05, 4.69) is 38.1 Å². The molecule has 1 unspecified atom stereocenters. The van der Waals surface area contributed by atoms with Crippen LogP contribution in [0.15, 0.2) is 78.2 Å². The molecule has 0 saturated carbocycles. The van der Waals surface area contributed by atoms with Gasteiger partial charge in [-0.05, 0) is 42.3 Å². The van der Waals surface area contributed by atoms with Crippen LogP contribution in [-0.4, -0.2) is 40.7 Å². The summed E-state index contributed by atoms with van der Waals surface area (Å²) in [7, 11) is 0. The molecule has 3 rings (SSSR count). The first-order valence-electron chi connectivity index (χ1n) is 11.7. The maximum absolute atomic E-state index is 13.3. The van der Waals surface area contributed by atoms with Gasteiger partial charge in [-0.25, -0.2) is 0 Å². The van der Waals surface area contributed by atoms with Crippen LogP contribution in [0.25, 0.3) is 0 Å². The third kappa shape index (κ3) is 7.86. The predicted octanol–water partition coefficient (Wildman–Crippen LogP) is 5.58. The van der Waals surface area contributed by atoms with Crippen LogP contribution in [0.1, 0.15) is 42.7 Å². The van der Waals surface area contributed by atoms with Crippen LogP contribution in [0.5, 0.6) is 0 Å². The van der Waals surface area contributed by atoms with E-state index in [1.807, 2.05) is 63.7 Å². The normalized spacial score (nSPS) is 11.7. The molecule has 1 heterocycles. The van der Waals surface area contributed by atoms with Crippen molar-refractivity contribution >= 4 is 23.2 Å². The van der Waals surface area contributed by atoms with E-state index in [0.29, 0.717) is 32.5 Å². The Balaban J connectivity index is 1.65. The van der Waals surface area contributed by atoms with E-state index in [4.69, 9.17) is 0 Å². The molecule has 0 spiro atoms. The highest BCUT2D eigenvalue weighted by molar-refractivity contribution is 7.10. The second-order valence-electron chi connectivity index (χ2n) is 8.39. The molecular formula is C28H34N2O2S. The average molecular weight is 463 g/mol. The van der Waals surface area contributed by atoms with Crippen LogP contribution < -0.4 is 0 Å². The molecular weight excluding hydrogens is 428 g/mol. The Morgan fingerprint density at radius 3 is 2.12 bits per heavy atom. The van der Waals surface area contributed by atoms with Crippen molar-refractivity contribution in [3.05, 3.63) is 94.2 Å². The van der Waals surface area contributed by atoms with Gasteiger partial charge in [0.05, 0.1) is 6.42 Å². The van der Waals surface area contributed by atoms with Gasteiger partial charge in [-0.2, -0.15) is 0 Å². The molecule has 0 fully saturated rings. The van der Waals surface area contributed by atoms with E-state index in [1.165, 1.54) is 5.56 Å². The predicted molar refractivity (Wildman–Crippen MR) is 136 cm³/mol. The molecule has 0 radical (unpaired) electrons. The van der Waals surface area contributed by atoms with Gasteiger partial charge < -0.3 is 9.80 Å². The number of thiophene rings is 1. The molecule has 2 aromatic carbocycles. The van der Waals surface area contributed by atoms with Gasteiger partial charge in [-0.3, -0.25) is 9.59 Å². The summed E-state index contributed by atoms with van der Waals surface area (Å²) < 4.78 is 0. The number of hydrogen-bond donors (Lipinski definition) is 0. The van der Waals surface area contributed by atoms with E-state index < -0.39 is 0 Å². The van der Waals surface area contributed by atoms with Crippen molar-refractivity contribution in [1.29, 1.82) is 0 Å². The lowest BCUT2D eigenvalue weighted by atomic mass is 10.1. The zero-order valence-corrected chi connectivity index (χ0v) is 20.5. The molecule has 0 aliphatic heterocycles. The molecule has 33 heavy (non-hydrogen) atoms. The molecule has 174 valence electrons. The lowest BCUT2D eigenvalue weighted by Crippen LogP contribution is -2.42. The summed E-state index contributed by atoms with van der Waals surface area (Å²) >= 11 is 1.60. The average Bonchev–Trinajstić information content (AvgIpc) is 3.35. The third-order valence-corrected chi connectivity index (χ3v) is 6.87. The molecule has 5 heteroatoms. The van der Waals surface area contributed by atoms with Gasteiger partial charge in [0.2, 0.25) is 11.8 Å². The van der Waals surface area contributed by atoms with Gasteiger partial charge in [0.25, 0.3) is 0 Å². The van der Waals surface area contributed by atoms with Crippen molar-refractivity contribution in [3.8, 4) is 0 Å². The van der Waals surface area contributed by atoms with Gasteiger partial charge >= 0.3 is 0 Å². The summed E-state index contributed by atoms with van der Waals surface area (Å²) in [5.74, 6) is 0.186. The zero-order chi connectivity index (χ0) is 23.5. The summed E-state index contributed by atoms with van der Waals surface area (Å²) in [5.41, 5.74) is 2.34. The maximum atomic E-state index is 13.3. The minimum Gasteiger partial charge on any atom is -0.339 e. The molecule has 0 aliphatic rings. The Morgan fingerprint density at radius 1 is 0.848 bits per heavy atom. The Bertz CT molecular complexity index is 974. The lowest BCUT2D eigenvalue weighted by molar-refractivity contribution is -0.135. The van der Waals surface area contributed by atoms with Crippen molar-refractivity contribution in [2.75, 3.05) is 13.1 Å². The monoisotopic (exact) mass is 462 g/mol. The summed E-state index contributed by atoms with van der Waals surface area (Å²) in [4.78, 5) is 31.2. The Hall–Kier alpha value is -2.92. The molecule has 0 saturated heterocycles. The summed E-state index contributed by atoms with van der Waals surface area (Å²) in [5, 5.41) is 1.99. The number of amides is 2. The summed E-state index contributed by atoms with van der Waals surface area (Å²) in [6.45, 7) is 5.84. The fourth-order valence-electron chi connectivity index (χ4n) is 3.85. The number of benzene rings is 2. The van der Waals surface area contributed by atoms with Crippen LogP contribution in [0.3, 0.4) is 0 Å². The first-order valence-corrected chi connectivity index (χ1v) is 12.6. The van der Waals surface area contributed by atoms with Crippen molar-refractivity contribution in [2.45, 2.75) is 52.1 Å². The van der Waals surface area contributed by atoms with E-state index in [-0.39, 0.29) is 17.9 Å². The van der Waals surface area contributed by atoms with Crippen molar-refractivity contribution < 1.29 is 9.59 Å². The van der Waals surface area contributed by atoms with Crippen molar-refractivity contribution in [3.63, 3.8) is 0 Å². The quantitative estimate of drug-likeness (QED) is 0.353. The molecule has 1 aromatic heterocycles. The topological polar surface area (TPSA) is 40.6 Å². The Kier molecular flexibility index (Phi) is 9.70. The van der Waals surface area contributed by atoms with Gasteiger partial charge in [-0.15, -0.1) is 11.3 Å². The van der Waals surface area contributed by atoms with Gasteiger partial charge in [-0.1, -0.05) is 73.7 Å². The summed E-state index contributed by atoms with van der Waals surface area (Å²) in [6.07, 6.45) is 2.41. The number of nitrogens with zero attached hydrogens (tertiary/aromatic N) is 2. The number of carbonyl (C=O) groups excluding carboxylic acids is 2. The SMILES string of the molecule is CCC(C)N(CCC(=O)N(CCc1ccccc1)Cc1ccccc1)C(=O)Cc1cccs1. The fourth-order valence-corrected chi connectivity index (χ4v) is 4.55. The Morgan fingerprint density at radius 2 is 1.52 bits per heavy atom. The molecule has 1 atom stereocenters. The fraction of sp³-hybridized carbons (Fsp3) is 0.357. The largest absolute Gasteiger partial charge is 0.339 e. The standard InChI is InChI=1S/C28H34N2O2S/c1-3-23(2)30(28(32)21-26-15-10-20-33-26)19-17-27(31)29(22-25-13-8-5-9-14-25)18-16-24-11-6-4-7-12-24/h4-15,20,23H,3,16-19,21-22H2,1-2H3. The van der Waals surface area contributed by atoms with E-state index in [0.717, 1.165) is 23.3 Å². The van der Waals surface area contributed by atoms with Crippen LogP contribution in [0, 0.1) is 0 Å². The number of hydrogen-bond acceptors (Lipinski definition) is 3. The second-order valence-corrected chi connectivity index (χ2v) is 9.42. The minimum absolute atomic E-state index is 0.0898. The summed E-state index contributed by atoms with van der Waals surface area (Å²) in [6, 6.07) is 24.4. The van der Waals surface area contributed by atoms with E-state index >= 15 is 0 Å². The third-order valence-electron chi connectivity index (χ3n) is 6.00. The first-order chi connectivity index (χ1) is 16.1. The van der Waals surface area contributed by atoms with Crippen LogP contribution in [0.2, 0.25) is 0 Å². The highest BCUT2D eigenvalue weighted by atomic mass is 32.1. The van der Waals surface area contributed by atoms with E-state index in [9.17, 15) is 9.59 Å². The van der Waals surface area contributed by atoms with Gasteiger partial charge in [0.1, 0.15) is 0 Å². The maximum Gasteiger partial charge on any atom is 0.228 e.